The van der Waals surface area contributed by atoms with Crippen LogP contribution in [0.25, 0.3) is 10.9 Å². The minimum Gasteiger partial charge on any atom is -0.497 e. The number of carbonyl (C=O) groups is 1. The van der Waals surface area contributed by atoms with Crippen molar-refractivity contribution in [3.63, 3.8) is 0 Å². The van der Waals surface area contributed by atoms with Gasteiger partial charge in [-0.3, -0.25) is 4.79 Å². The highest BCUT2D eigenvalue weighted by molar-refractivity contribution is 6.12. The molecule has 0 spiro atoms. The Bertz CT molecular complexity index is 824. The lowest BCUT2D eigenvalue weighted by molar-refractivity contribution is 0.102. The van der Waals surface area contributed by atoms with Gasteiger partial charge in [-0.2, -0.15) is 0 Å². The van der Waals surface area contributed by atoms with Crippen LogP contribution in [0.2, 0.25) is 0 Å². The topological polar surface area (TPSA) is 63.3 Å². The van der Waals surface area contributed by atoms with Crippen LogP contribution in [0.5, 0.6) is 11.5 Å². The Morgan fingerprint density at radius 3 is 2.73 bits per heavy atom. The Morgan fingerprint density at radius 2 is 1.95 bits per heavy atom. The molecule has 0 fully saturated rings. The summed E-state index contributed by atoms with van der Waals surface area (Å²) < 4.78 is 10.4. The first-order valence-corrected chi connectivity index (χ1v) is 6.82. The van der Waals surface area contributed by atoms with E-state index in [1.807, 2.05) is 24.4 Å². The summed E-state index contributed by atoms with van der Waals surface area (Å²) in [6, 6.07) is 12.8. The van der Waals surface area contributed by atoms with E-state index < -0.39 is 0 Å². The predicted octanol–water partition coefficient (Wildman–Crippen LogP) is 3.44. The molecule has 1 amide bonds. The van der Waals surface area contributed by atoms with Crippen molar-refractivity contribution in [2.45, 2.75) is 0 Å². The minimum absolute atomic E-state index is 0.198. The summed E-state index contributed by atoms with van der Waals surface area (Å²) in [6.07, 6.45) is 1.81. The van der Waals surface area contributed by atoms with Gasteiger partial charge in [-0.1, -0.05) is 12.1 Å². The van der Waals surface area contributed by atoms with E-state index in [0.29, 0.717) is 22.7 Å². The van der Waals surface area contributed by atoms with Crippen LogP contribution in [0.4, 0.5) is 5.69 Å². The smallest absolute Gasteiger partial charge is 0.257 e. The van der Waals surface area contributed by atoms with Gasteiger partial charge in [0.1, 0.15) is 11.5 Å². The quantitative estimate of drug-likeness (QED) is 0.775. The van der Waals surface area contributed by atoms with Crippen molar-refractivity contribution in [1.82, 2.24) is 4.98 Å². The van der Waals surface area contributed by atoms with Gasteiger partial charge in [-0.25, -0.2) is 0 Å². The second-order valence-corrected chi connectivity index (χ2v) is 4.77. The standard InChI is InChI=1S/C17H16N2O3/c1-21-12-6-7-14(15(10-12)22-2)19-17(20)13-5-3-4-11-8-9-18-16(11)13/h3-10,18H,1-2H3,(H,19,20). The van der Waals surface area contributed by atoms with Crippen LogP contribution < -0.4 is 14.8 Å². The van der Waals surface area contributed by atoms with Crippen LogP contribution in [0.15, 0.2) is 48.7 Å². The number of ether oxygens (including phenoxy) is 2. The van der Waals surface area contributed by atoms with E-state index in [0.717, 1.165) is 10.9 Å². The number of hydrogen-bond acceptors (Lipinski definition) is 3. The van der Waals surface area contributed by atoms with Crippen LogP contribution in [-0.2, 0) is 0 Å². The first-order valence-electron chi connectivity index (χ1n) is 6.82. The number of methoxy groups -OCH3 is 2. The summed E-state index contributed by atoms with van der Waals surface area (Å²) in [7, 11) is 3.13. The molecule has 1 heterocycles. The number of anilines is 1. The molecule has 0 atom stereocenters. The summed E-state index contributed by atoms with van der Waals surface area (Å²) in [4.78, 5) is 15.6. The van der Waals surface area contributed by atoms with Crippen molar-refractivity contribution in [1.29, 1.82) is 0 Å². The van der Waals surface area contributed by atoms with Crippen LogP contribution in [0, 0.1) is 0 Å². The number of hydrogen-bond donors (Lipinski definition) is 2. The molecule has 2 N–H and O–H groups in total. The molecule has 3 rings (SSSR count). The Labute approximate surface area is 127 Å². The monoisotopic (exact) mass is 296 g/mol. The molecule has 3 aromatic rings. The Balaban J connectivity index is 1.93. The van der Waals surface area contributed by atoms with Crippen LogP contribution in [0.3, 0.4) is 0 Å². The average Bonchev–Trinajstić information content (AvgIpc) is 3.03. The van der Waals surface area contributed by atoms with Crippen molar-refractivity contribution in [2.24, 2.45) is 0 Å². The number of para-hydroxylation sites is 1. The number of carbonyl (C=O) groups excluding carboxylic acids is 1. The Kier molecular flexibility index (Phi) is 3.70. The zero-order valence-electron chi connectivity index (χ0n) is 12.3. The number of aromatic amines is 1. The fourth-order valence-electron chi connectivity index (χ4n) is 2.37. The normalized spacial score (nSPS) is 10.5. The van der Waals surface area contributed by atoms with E-state index in [9.17, 15) is 4.79 Å². The summed E-state index contributed by atoms with van der Waals surface area (Å²) in [5.41, 5.74) is 1.99. The van der Waals surface area contributed by atoms with Gasteiger partial charge in [0.2, 0.25) is 0 Å². The molecule has 0 aliphatic rings. The van der Waals surface area contributed by atoms with Gasteiger partial charge in [0.15, 0.2) is 0 Å². The number of aromatic nitrogens is 1. The number of H-pyrrole nitrogens is 1. The number of amides is 1. The first kappa shape index (κ1) is 14.0. The van der Waals surface area contributed by atoms with Crippen LogP contribution in [-0.4, -0.2) is 25.1 Å². The predicted molar refractivity (Wildman–Crippen MR) is 85.8 cm³/mol. The van der Waals surface area contributed by atoms with Gasteiger partial charge < -0.3 is 19.8 Å². The van der Waals surface area contributed by atoms with Gasteiger partial charge in [0, 0.05) is 17.6 Å². The molecule has 112 valence electrons. The van der Waals surface area contributed by atoms with Gasteiger partial charge in [0.25, 0.3) is 5.91 Å². The molecule has 0 unspecified atom stereocenters. The molecule has 0 bridgehead atoms. The molecule has 0 saturated carbocycles. The van der Waals surface area contributed by atoms with Gasteiger partial charge in [-0.15, -0.1) is 0 Å². The Hall–Kier alpha value is -2.95. The third-order valence-electron chi connectivity index (χ3n) is 3.49. The van der Waals surface area contributed by atoms with Crippen LogP contribution in [0.1, 0.15) is 10.4 Å². The molecule has 22 heavy (non-hydrogen) atoms. The van der Waals surface area contributed by atoms with Gasteiger partial charge in [0.05, 0.1) is 31.0 Å². The van der Waals surface area contributed by atoms with Crippen molar-refractivity contribution in [3.8, 4) is 11.5 Å². The van der Waals surface area contributed by atoms with E-state index >= 15 is 0 Å². The zero-order valence-corrected chi connectivity index (χ0v) is 12.3. The molecule has 2 aromatic carbocycles. The Morgan fingerprint density at radius 1 is 1.09 bits per heavy atom. The lowest BCUT2D eigenvalue weighted by atomic mass is 10.1. The van der Waals surface area contributed by atoms with E-state index in [1.165, 1.54) is 0 Å². The number of nitrogens with one attached hydrogen (secondary N) is 2. The molecule has 1 aromatic heterocycles. The van der Waals surface area contributed by atoms with Crippen molar-refractivity contribution < 1.29 is 14.3 Å². The number of rotatable bonds is 4. The lowest BCUT2D eigenvalue weighted by Gasteiger charge is -2.12. The highest BCUT2D eigenvalue weighted by Gasteiger charge is 2.13. The van der Waals surface area contributed by atoms with Gasteiger partial charge >= 0.3 is 0 Å². The summed E-state index contributed by atoms with van der Waals surface area (Å²) >= 11 is 0. The second-order valence-electron chi connectivity index (χ2n) is 4.77. The number of benzene rings is 2. The highest BCUT2D eigenvalue weighted by atomic mass is 16.5. The lowest BCUT2D eigenvalue weighted by Crippen LogP contribution is -2.13. The molecule has 0 aliphatic heterocycles. The van der Waals surface area contributed by atoms with E-state index in [-0.39, 0.29) is 5.91 Å². The highest BCUT2D eigenvalue weighted by Crippen LogP contribution is 2.29. The maximum absolute atomic E-state index is 12.5. The summed E-state index contributed by atoms with van der Waals surface area (Å²) in [5.74, 6) is 1.02. The molecular weight excluding hydrogens is 280 g/mol. The summed E-state index contributed by atoms with van der Waals surface area (Å²) in [6.45, 7) is 0. The van der Waals surface area contributed by atoms with Crippen molar-refractivity contribution in [3.05, 3.63) is 54.2 Å². The molecule has 5 nitrogen and oxygen atoms in total. The third kappa shape index (κ3) is 2.48. The van der Waals surface area contributed by atoms with Crippen molar-refractivity contribution >= 4 is 22.5 Å². The SMILES string of the molecule is COc1ccc(NC(=O)c2cccc3cc[nH]c23)c(OC)c1. The summed E-state index contributed by atoms with van der Waals surface area (Å²) in [5, 5.41) is 3.87. The van der Waals surface area contributed by atoms with Crippen molar-refractivity contribution in [2.75, 3.05) is 19.5 Å². The van der Waals surface area contributed by atoms with Crippen LogP contribution >= 0.6 is 0 Å². The average molecular weight is 296 g/mol. The van der Waals surface area contributed by atoms with E-state index in [2.05, 4.69) is 10.3 Å². The van der Waals surface area contributed by atoms with Gasteiger partial charge in [-0.05, 0) is 24.3 Å². The molecule has 0 aliphatic carbocycles. The fourth-order valence-corrected chi connectivity index (χ4v) is 2.37. The molecule has 0 radical (unpaired) electrons. The molecule has 0 saturated heterocycles. The molecule has 5 heteroatoms. The zero-order chi connectivity index (χ0) is 15.5. The third-order valence-corrected chi connectivity index (χ3v) is 3.49. The largest absolute Gasteiger partial charge is 0.497 e. The van der Waals surface area contributed by atoms with E-state index in [4.69, 9.17) is 9.47 Å². The second kappa shape index (κ2) is 5.81. The maximum Gasteiger partial charge on any atom is 0.257 e. The maximum atomic E-state index is 12.5. The van der Waals surface area contributed by atoms with E-state index in [1.54, 1.807) is 38.5 Å². The first-order chi connectivity index (χ1) is 10.7. The number of fused-ring (bicyclic) bond motifs is 1. The fraction of sp³-hybridized carbons (Fsp3) is 0.118. The molecular formula is C17H16N2O3. The minimum atomic E-state index is -0.198.